The van der Waals surface area contributed by atoms with Crippen molar-refractivity contribution in [2.24, 2.45) is 0 Å². The van der Waals surface area contributed by atoms with Crippen LogP contribution in [0.15, 0.2) is 30.5 Å². The van der Waals surface area contributed by atoms with Crippen molar-refractivity contribution in [1.82, 2.24) is 9.78 Å². The van der Waals surface area contributed by atoms with E-state index in [2.05, 4.69) is 48.0 Å². The monoisotopic (exact) mass is 202 g/mol. The lowest BCUT2D eigenvalue weighted by atomic mass is 10.1. The Hall–Kier alpha value is -1.31. The van der Waals surface area contributed by atoms with Crippen LogP contribution in [-0.4, -0.2) is 9.78 Å². The molecule has 80 valence electrons. The van der Waals surface area contributed by atoms with Crippen molar-refractivity contribution in [2.45, 2.75) is 39.2 Å². The summed E-state index contributed by atoms with van der Waals surface area (Å²) in [6.45, 7) is 4.46. The molecule has 0 amide bonds. The molecular formula is C13H18N2. The standard InChI is InChI=1S/C13H18N2/c1-3-7-12(4-2)15-10-11-8-5-6-9-13(11)14-15/h5-6,8-10,12H,3-4,7H2,1-2H3. The SMILES string of the molecule is CCCC(CC)n1cc2ccccc2n1. The minimum atomic E-state index is 0.558. The van der Waals surface area contributed by atoms with Gasteiger partial charge < -0.3 is 0 Å². The molecule has 0 aliphatic rings. The maximum Gasteiger partial charge on any atom is 0.0923 e. The second-order valence-electron chi connectivity index (χ2n) is 4.02. The van der Waals surface area contributed by atoms with Crippen LogP contribution in [-0.2, 0) is 0 Å². The number of hydrogen-bond acceptors (Lipinski definition) is 1. The van der Waals surface area contributed by atoms with Gasteiger partial charge in [0.15, 0.2) is 0 Å². The van der Waals surface area contributed by atoms with Gasteiger partial charge in [0.05, 0.1) is 11.6 Å². The number of benzene rings is 1. The van der Waals surface area contributed by atoms with E-state index in [1.807, 2.05) is 6.07 Å². The zero-order valence-corrected chi connectivity index (χ0v) is 9.48. The largest absolute Gasteiger partial charge is 0.268 e. The molecule has 0 aliphatic carbocycles. The summed E-state index contributed by atoms with van der Waals surface area (Å²) in [4.78, 5) is 0. The molecule has 1 aromatic heterocycles. The Bertz CT molecular complexity index is 398. The highest BCUT2D eigenvalue weighted by Crippen LogP contribution is 2.20. The Labute approximate surface area is 90.9 Å². The maximum absolute atomic E-state index is 4.62. The summed E-state index contributed by atoms with van der Waals surface area (Å²) in [5.74, 6) is 0. The topological polar surface area (TPSA) is 17.8 Å². The van der Waals surface area contributed by atoms with Gasteiger partial charge >= 0.3 is 0 Å². The molecule has 1 heterocycles. The third-order valence-corrected chi connectivity index (χ3v) is 2.90. The number of nitrogens with zero attached hydrogens (tertiary/aromatic N) is 2. The molecule has 0 aliphatic heterocycles. The average Bonchev–Trinajstić information content (AvgIpc) is 2.69. The van der Waals surface area contributed by atoms with E-state index in [4.69, 9.17) is 0 Å². The third-order valence-electron chi connectivity index (χ3n) is 2.90. The van der Waals surface area contributed by atoms with Crippen LogP contribution in [0.2, 0.25) is 0 Å². The summed E-state index contributed by atoms with van der Waals surface area (Å²) in [6.07, 6.45) is 5.75. The van der Waals surface area contributed by atoms with E-state index >= 15 is 0 Å². The van der Waals surface area contributed by atoms with Crippen molar-refractivity contribution in [3.8, 4) is 0 Å². The van der Waals surface area contributed by atoms with Gasteiger partial charge in [0.2, 0.25) is 0 Å². The van der Waals surface area contributed by atoms with E-state index < -0.39 is 0 Å². The van der Waals surface area contributed by atoms with Gasteiger partial charge in [-0.2, -0.15) is 5.10 Å². The first-order valence-corrected chi connectivity index (χ1v) is 5.79. The first kappa shape index (κ1) is 10.2. The van der Waals surface area contributed by atoms with Crippen LogP contribution in [0.25, 0.3) is 10.9 Å². The Morgan fingerprint density at radius 3 is 2.73 bits per heavy atom. The Morgan fingerprint density at radius 2 is 2.07 bits per heavy atom. The van der Waals surface area contributed by atoms with Crippen molar-refractivity contribution in [3.05, 3.63) is 30.5 Å². The first-order chi connectivity index (χ1) is 7.35. The maximum atomic E-state index is 4.62. The highest BCUT2D eigenvalue weighted by molar-refractivity contribution is 5.77. The van der Waals surface area contributed by atoms with Gasteiger partial charge in [0.25, 0.3) is 0 Å². The zero-order valence-electron chi connectivity index (χ0n) is 9.48. The normalized spacial score (nSPS) is 13.2. The van der Waals surface area contributed by atoms with Crippen LogP contribution < -0.4 is 0 Å². The Balaban J connectivity index is 2.34. The van der Waals surface area contributed by atoms with Crippen molar-refractivity contribution in [3.63, 3.8) is 0 Å². The minimum Gasteiger partial charge on any atom is -0.268 e. The molecule has 0 spiro atoms. The molecule has 1 aromatic carbocycles. The molecule has 2 rings (SSSR count). The van der Waals surface area contributed by atoms with Crippen LogP contribution in [0, 0.1) is 0 Å². The summed E-state index contributed by atoms with van der Waals surface area (Å²) >= 11 is 0. The fraction of sp³-hybridized carbons (Fsp3) is 0.462. The highest BCUT2D eigenvalue weighted by atomic mass is 15.3. The van der Waals surface area contributed by atoms with Crippen LogP contribution in [0.4, 0.5) is 0 Å². The van der Waals surface area contributed by atoms with Gasteiger partial charge in [-0.3, -0.25) is 4.68 Å². The predicted octanol–water partition coefficient (Wildman–Crippen LogP) is 3.79. The lowest BCUT2D eigenvalue weighted by Gasteiger charge is -2.13. The summed E-state index contributed by atoms with van der Waals surface area (Å²) in [5, 5.41) is 5.86. The molecule has 0 N–H and O–H groups in total. The van der Waals surface area contributed by atoms with E-state index in [9.17, 15) is 0 Å². The molecule has 0 saturated carbocycles. The predicted molar refractivity (Wildman–Crippen MR) is 64.0 cm³/mol. The van der Waals surface area contributed by atoms with Gasteiger partial charge in [0.1, 0.15) is 0 Å². The molecule has 0 fully saturated rings. The molecule has 15 heavy (non-hydrogen) atoms. The van der Waals surface area contributed by atoms with E-state index in [1.54, 1.807) is 0 Å². The van der Waals surface area contributed by atoms with Crippen LogP contribution in [0.5, 0.6) is 0 Å². The summed E-state index contributed by atoms with van der Waals surface area (Å²) in [7, 11) is 0. The van der Waals surface area contributed by atoms with Crippen molar-refractivity contribution in [1.29, 1.82) is 0 Å². The molecule has 1 atom stereocenters. The van der Waals surface area contributed by atoms with E-state index in [-0.39, 0.29) is 0 Å². The molecule has 0 bridgehead atoms. The van der Waals surface area contributed by atoms with Crippen molar-refractivity contribution < 1.29 is 0 Å². The van der Waals surface area contributed by atoms with Gasteiger partial charge in [-0.25, -0.2) is 0 Å². The number of rotatable bonds is 4. The molecule has 0 saturated heterocycles. The average molecular weight is 202 g/mol. The van der Waals surface area contributed by atoms with Gasteiger partial charge in [-0.05, 0) is 18.9 Å². The fourth-order valence-electron chi connectivity index (χ4n) is 2.03. The third kappa shape index (κ3) is 2.04. The molecule has 2 aromatic rings. The van der Waals surface area contributed by atoms with Gasteiger partial charge in [-0.15, -0.1) is 0 Å². The van der Waals surface area contributed by atoms with E-state index in [1.165, 1.54) is 18.2 Å². The minimum absolute atomic E-state index is 0.558. The Morgan fingerprint density at radius 1 is 1.27 bits per heavy atom. The molecular weight excluding hydrogens is 184 g/mol. The van der Waals surface area contributed by atoms with Gasteiger partial charge in [-0.1, -0.05) is 38.5 Å². The smallest absolute Gasteiger partial charge is 0.0923 e. The molecule has 2 nitrogen and oxygen atoms in total. The quantitative estimate of drug-likeness (QED) is 0.737. The first-order valence-electron chi connectivity index (χ1n) is 5.79. The zero-order chi connectivity index (χ0) is 10.7. The fourth-order valence-corrected chi connectivity index (χ4v) is 2.03. The van der Waals surface area contributed by atoms with E-state index in [0.29, 0.717) is 6.04 Å². The number of hydrogen-bond donors (Lipinski definition) is 0. The van der Waals surface area contributed by atoms with Crippen LogP contribution >= 0.6 is 0 Å². The van der Waals surface area contributed by atoms with Crippen LogP contribution in [0.3, 0.4) is 0 Å². The summed E-state index contributed by atoms with van der Waals surface area (Å²) in [6, 6.07) is 8.86. The van der Waals surface area contributed by atoms with Crippen molar-refractivity contribution in [2.75, 3.05) is 0 Å². The molecule has 1 unspecified atom stereocenters. The highest BCUT2D eigenvalue weighted by Gasteiger charge is 2.09. The molecule has 0 radical (unpaired) electrons. The lowest BCUT2D eigenvalue weighted by Crippen LogP contribution is -2.07. The second-order valence-corrected chi connectivity index (χ2v) is 4.02. The summed E-state index contributed by atoms with van der Waals surface area (Å²) < 4.78 is 2.13. The van der Waals surface area contributed by atoms with E-state index in [0.717, 1.165) is 11.9 Å². The Kier molecular flexibility index (Phi) is 3.05. The van der Waals surface area contributed by atoms with Gasteiger partial charge in [0, 0.05) is 11.6 Å². The second kappa shape index (κ2) is 4.47. The summed E-state index contributed by atoms with van der Waals surface area (Å²) in [5.41, 5.74) is 1.10. The molecule has 2 heteroatoms. The van der Waals surface area contributed by atoms with Crippen molar-refractivity contribution >= 4 is 10.9 Å². The van der Waals surface area contributed by atoms with Crippen LogP contribution in [0.1, 0.15) is 39.2 Å². The number of aromatic nitrogens is 2. The lowest BCUT2D eigenvalue weighted by molar-refractivity contribution is 0.412. The number of fused-ring (bicyclic) bond motifs is 1.